The Morgan fingerprint density at radius 3 is 2.49 bits per heavy atom. The van der Waals surface area contributed by atoms with Crippen molar-refractivity contribution in [2.75, 3.05) is 11.4 Å². The second kappa shape index (κ2) is 10.0. The third kappa shape index (κ3) is 4.42. The van der Waals surface area contributed by atoms with Crippen LogP contribution in [-0.2, 0) is 13.0 Å². The Hall–Kier alpha value is -2.97. The predicted octanol–water partition coefficient (Wildman–Crippen LogP) is 5.92. The van der Waals surface area contributed by atoms with Crippen LogP contribution in [0.1, 0.15) is 117 Å². The molecule has 9 heteroatoms. The molecule has 2 saturated carbocycles. The fraction of sp³-hybridized carbons (Fsp3) is 0.588. The summed E-state index contributed by atoms with van der Waals surface area (Å²) in [6, 6.07) is 4.68. The number of phenols is 1. The van der Waals surface area contributed by atoms with Gasteiger partial charge in [0.1, 0.15) is 12.1 Å². The van der Waals surface area contributed by atoms with Crippen LogP contribution in [0.3, 0.4) is 0 Å². The van der Waals surface area contributed by atoms with Crippen molar-refractivity contribution in [3.63, 3.8) is 0 Å². The fourth-order valence-corrected chi connectivity index (χ4v) is 9.05. The lowest BCUT2D eigenvalue weighted by Gasteiger charge is -2.35. The molecule has 43 heavy (non-hydrogen) atoms. The minimum Gasteiger partial charge on any atom is -0.508 e. The molecule has 8 rings (SSSR count). The molecule has 2 aliphatic carbocycles. The molecule has 0 spiro atoms. The monoisotopic (exact) mass is 600 g/mol. The fourth-order valence-electron chi connectivity index (χ4n) is 8.69. The maximum atomic E-state index is 14.4. The Kier molecular flexibility index (Phi) is 6.43. The van der Waals surface area contributed by atoms with Gasteiger partial charge in [0.05, 0.1) is 35.0 Å². The summed E-state index contributed by atoms with van der Waals surface area (Å²) in [5, 5.41) is 15.1. The van der Waals surface area contributed by atoms with Crippen LogP contribution in [0.15, 0.2) is 23.3 Å². The summed E-state index contributed by atoms with van der Waals surface area (Å²) in [4.78, 5) is 31.1. The molecule has 1 aromatic carbocycles. The Bertz CT molecular complexity index is 1650. The van der Waals surface area contributed by atoms with Gasteiger partial charge in [-0.05, 0) is 85.3 Å². The van der Waals surface area contributed by atoms with Crippen LogP contribution >= 0.6 is 11.6 Å². The first kappa shape index (κ1) is 27.6. The van der Waals surface area contributed by atoms with Crippen LogP contribution in [0, 0.1) is 11.8 Å². The molecule has 226 valence electrons. The molecule has 4 unspecified atom stereocenters. The van der Waals surface area contributed by atoms with Crippen molar-refractivity contribution >= 4 is 17.3 Å². The summed E-state index contributed by atoms with van der Waals surface area (Å²) < 4.78 is 1.85. The quantitative estimate of drug-likeness (QED) is 0.362. The number of aromatic nitrogens is 4. The molecule has 5 aliphatic rings. The van der Waals surface area contributed by atoms with Crippen LogP contribution in [-0.4, -0.2) is 43.3 Å². The Labute approximate surface area is 257 Å². The van der Waals surface area contributed by atoms with Gasteiger partial charge in [-0.1, -0.05) is 39.3 Å². The average molecular weight is 601 g/mol. The van der Waals surface area contributed by atoms with Crippen LogP contribution in [0.2, 0.25) is 5.02 Å². The molecular formula is C34H41ClN6O2. The molecule has 3 aromatic rings. The number of aromatic hydroxyl groups is 1. The van der Waals surface area contributed by atoms with Crippen molar-refractivity contribution in [3.8, 4) is 11.4 Å². The van der Waals surface area contributed by atoms with E-state index in [2.05, 4.69) is 37.9 Å². The number of phenolic OH excluding ortho intramolecular Hbond substituents is 1. The van der Waals surface area contributed by atoms with E-state index in [9.17, 15) is 9.90 Å². The zero-order chi connectivity index (χ0) is 29.7. The molecule has 5 atom stereocenters. The number of nitrogens with zero attached hydrogens (tertiary/aromatic N) is 5. The highest BCUT2D eigenvalue weighted by molar-refractivity contribution is 6.32. The smallest absolute Gasteiger partial charge is 0.352 e. The Morgan fingerprint density at radius 2 is 1.79 bits per heavy atom. The summed E-state index contributed by atoms with van der Waals surface area (Å²) in [6.07, 6.45) is 8.32. The molecular weight excluding hydrogens is 560 g/mol. The number of piperidine rings is 1. The van der Waals surface area contributed by atoms with E-state index < -0.39 is 0 Å². The molecule has 2 N–H and O–H groups in total. The van der Waals surface area contributed by atoms with Gasteiger partial charge >= 0.3 is 5.69 Å². The second-order valence-corrected chi connectivity index (χ2v) is 14.6. The number of hydrogen-bond donors (Lipinski definition) is 2. The van der Waals surface area contributed by atoms with Crippen LogP contribution < -0.4 is 15.9 Å². The molecule has 2 saturated heterocycles. The Balaban J connectivity index is 1.32. The number of nitrogens with one attached hydrogen (secondary N) is 1. The first-order chi connectivity index (χ1) is 20.7. The van der Waals surface area contributed by atoms with E-state index >= 15 is 0 Å². The van der Waals surface area contributed by atoms with Crippen molar-refractivity contribution in [1.29, 1.82) is 0 Å². The third-order valence-corrected chi connectivity index (χ3v) is 11.1. The van der Waals surface area contributed by atoms with Gasteiger partial charge in [-0.15, -0.1) is 0 Å². The highest BCUT2D eigenvalue weighted by atomic mass is 35.5. The molecule has 2 aromatic heterocycles. The number of rotatable bonds is 6. The maximum Gasteiger partial charge on any atom is 0.352 e. The van der Waals surface area contributed by atoms with Crippen molar-refractivity contribution in [3.05, 3.63) is 67.9 Å². The molecule has 0 amide bonds. The molecule has 5 heterocycles. The van der Waals surface area contributed by atoms with Crippen molar-refractivity contribution in [1.82, 2.24) is 24.8 Å². The lowest BCUT2D eigenvalue weighted by atomic mass is 9.95. The van der Waals surface area contributed by atoms with E-state index in [0.717, 1.165) is 65.5 Å². The molecule has 3 aliphatic heterocycles. The summed E-state index contributed by atoms with van der Waals surface area (Å²) in [6.45, 7) is 9.80. The van der Waals surface area contributed by atoms with Gasteiger partial charge in [0.15, 0.2) is 0 Å². The van der Waals surface area contributed by atoms with E-state index in [1.165, 1.54) is 24.8 Å². The van der Waals surface area contributed by atoms with Crippen LogP contribution in [0.4, 0.5) is 5.69 Å². The molecule has 4 fully saturated rings. The summed E-state index contributed by atoms with van der Waals surface area (Å²) >= 11 is 6.75. The van der Waals surface area contributed by atoms with Crippen molar-refractivity contribution < 1.29 is 5.11 Å². The Morgan fingerprint density at radius 1 is 1.05 bits per heavy atom. The first-order valence-corrected chi connectivity index (χ1v) is 16.6. The summed E-state index contributed by atoms with van der Waals surface area (Å²) in [7, 11) is 0. The van der Waals surface area contributed by atoms with Gasteiger partial charge in [0, 0.05) is 41.3 Å². The van der Waals surface area contributed by atoms with E-state index in [4.69, 9.17) is 26.6 Å². The van der Waals surface area contributed by atoms with Gasteiger partial charge in [-0.3, -0.25) is 4.57 Å². The van der Waals surface area contributed by atoms with Gasteiger partial charge in [-0.2, -0.15) is 4.98 Å². The highest BCUT2D eigenvalue weighted by Crippen LogP contribution is 2.63. The van der Waals surface area contributed by atoms with E-state index in [1.807, 2.05) is 10.6 Å². The SMILES string of the molecule is CC(C)c1ncnc(C(C)C)c1-n1c2c(c(C3C4CC5CCC(N5)[C@H]43)nc1=O)CCN(c1cc(O)cc(Cl)c1C1CC1)C2. The normalized spacial score (nSPS) is 27.5. The van der Waals surface area contributed by atoms with Gasteiger partial charge < -0.3 is 15.3 Å². The van der Waals surface area contributed by atoms with E-state index in [1.54, 1.807) is 12.4 Å². The van der Waals surface area contributed by atoms with Gasteiger partial charge in [0.25, 0.3) is 0 Å². The van der Waals surface area contributed by atoms with Crippen LogP contribution in [0.25, 0.3) is 5.69 Å². The molecule has 8 nitrogen and oxygen atoms in total. The number of hydrogen-bond acceptors (Lipinski definition) is 7. The first-order valence-electron chi connectivity index (χ1n) is 16.2. The number of anilines is 1. The zero-order valence-electron chi connectivity index (χ0n) is 25.5. The lowest BCUT2D eigenvalue weighted by molar-refractivity contribution is 0.387. The summed E-state index contributed by atoms with van der Waals surface area (Å²) in [5.74, 6) is 2.35. The molecule has 2 bridgehead atoms. The average Bonchev–Trinajstić information content (AvgIpc) is 3.89. The number of benzene rings is 1. The second-order valence-electron chi connectivity index (χ2n) is 14.2. The third-order valence-electron chi connectivity index (χ3n) is 10.8. The minimum absolute atomic E-state index is 0.108. The van der Waals surface area contributed by atoms with E-state index in [0.29, 0.717) is 47.3 Å². The summed E-state index contributed by atoms with van der Waals surface area (Å²) in [5.41, 5.74) is 7.65. The van der Waals surface area contributed by atoms with Gasteiger partial charge in [-0.25, -0.2) is 14.8 Å². The van der Waals surface area contributed by atoms with Crippen molar-refractivity contribution in [2.45, 2.75) is 109 Å². The number of fused-ring (bicyclic) bond motifs is 5. The number of halogens is 1. The lowest BCUT2D eigenvalue weighted by Crippen LogP contribution is -2.39. The highest BCUT2D eigenvalue weighted by Gasteiger charge is 2.61. The van der Waals surface area contributed by atoms with Crippen molar-refractivity contribution in [2.24, 2.45) is 11.8 Å². The topological polar surface area (TPSA) is 96.2 Å². The predicted molar refractivity (Wildman–Crippen MR) is 168 cm³/mol. The van der Waals surface area contributed by atoms with Crippen LogP contribution in [0.5, 0.6) is 5.75 Å². The maximum absolute atomic E-state index is 14.4. The molecule has 0 radical (unpaired) electrons. The van der Waals surface area contributed by atoms with Gasteiger partial charge in [0.2, 0.25) is 0 Å². The van der Waals surface area contributed by atoms with E-state index in [-0.39, 0.29) is 23.3 Å². The zero-order valence-corrected chi connectivity index (χ0v) is 26.2. The minimum atomic E-state index is -0.229. The largest absolute Gasteiger partial charge is 0.508 e. The standard InChI is InChI=1S/C34H41ClN6O2/c1-16(2)30-33(31(17(3)4)37-15-36-30)41-26-14-40(25-13-20(42)12-23(35)27(25)18-5-6-18)10-9-21(26)32(39-34(41)43)29-22-11-19-7-8-24(38-19)28(22)29/h12-13,15-19,22,24,28-29,38,42H,5-11,14H2,1-4H3/t19?,22?,24?,28-,29?/m0/s1.